The zero-order chi connectivity index (χ0) is 56.2. The van der Waals surface area contributed by atoms with Crippen molar-refractivity contribution >= 4 is 29.1 Å². The molecule has 0 radical (unpaired) electrons. The van der Waals surface area contributed by atoms with Crippen LogP contribution in [0.1, 0.15) is 140 Å². The highest BCUT2D eigenvalue weighted by molar-refractivity contribution is 7.13. The minimum atomic E-state index is -1.01. The molecule has 4 N–H and O–H groups in total. The Labute approximate surface area is 470 Å². The molecule has 2 fully saturated rings. The van der Waals surface area contributed by atoms with Crippen molar-refractivity contribution in [1.29, 1.82) is 0 Å². The lowest BCUT2D eigenvalue weighted by Crippen LogP contribution is -2.57. The Hall–Kier alpha value is -6.46. The van der Waals surface area contributed by atoms with Crippen molar-refractivity contribution in [2.75, 3.05) is 13.1 Å². The van der Waals surface area contributed by atoms with Gasteiger partial charge in [-0.3, -0.25) is 24.0 Å². The van der Waals surface area contributed by atoms with E-state index in [0.29, 0.717) is 51.2 Å². The van der Waals surface area contributed by atoms with E-state index in [1.807, 2.05) is 68.3 Å². The first-order valence-corrected chi connectivity index (χ1v) is 29.0. The van der Waals surface area contributed by atoms with Gasteiger partial charge in [-0.2, -0.15) is 0 Å². The predicted molar refractivity (Wildman–Crippen MR) is 308 cm³/mol. The lowest BCUT2D eigenvalue weighted by atomic mass is 9.75. The second-order valence-electron chi connectivity index (χ2n) is 24.0. The Morgan fingerprint density at radius 3 is 2.14 bits per heavy atom. The van der Waals surface area contributed by atoms with Gasteiger partial charge in [0.1, 0.15) is 25.3 Å². The van der Waals surface area contributed by atoms with Crippen LogP contribution in [0.3, 0.4) is 0 Å². The Morgan fingerprint density at radius 2 is 1.51 bits per heavy atom. The van der Waals surface area contributed by atoms with E-state index in [4.69, 9.17) is 9.47 Å². The number of ether oxygens (including phenoxy) is 2. The van der Waals surface area contributed by atoms with Crippen molar-refractivity contribution in [2.45, 2.75) is 182 Å². The maximum absolute atomic E-state index is 14.2. The summed E-state index contributed by atoms with van der Waals surface area (Å²) in [6.07, 6.45) is 5.94. The summed E-state index contributed by atoms with van der Waals surface area (Å²) in [6.45, 7) is 20.9. The summed E-state index contributed by atoms with van der Waals surface area (Å²) in [5, 5.41) is 38.1. The fraction of sp³-hybridized carbons (Fsp3) is 0.492. The number of benzene rings is 4. The van der Waals surface area contributed by atoms with E-state index in [-0.39, 0.29) is 55.7 Å². The first-order valence-electron chi connectivity index (χ1n) is 28.2. The van der Waals surface area contributed by atoms with Gasteiger partial charge in [0, 0.05) is 63.7 Å². The van der Waals surface area contributed by atoms with E-state index < -0.39 is 29.2 Å². The topological polar surface area (TPSA) is 184 Å². The number of fused-ring (bicyclic) bond motifs is 3. The van der Waals surface area contributed by atoms with Gasteiger partial charge in [0.25, 0.3) is 0 Å². The molecule has 9 rings (SSSR count). The first-order chi connectivity index (χ1) is 37.7. The van der Waals surface area contributed by atoms with Gasteiger partial charge in [-0.25, -0.2) is 4.98 Å². The van der Waals surface area contributed by atoms with Crippen molar-refractivity contribution in [3.8, 4) is 21.9 Å². The van der Waals surface area contributed by atoms with E-state index in [1.165, 1.54) is 38.3 Å². The molecule has 420 valence electrons. The van der Waals surface area contributed by atoms with Gasteiger partial charge in [0.15, 0.2) is 11.5 Å². The number of likely N-dealkylation sites (tertiary alicyclic amines) is 1. The molecule has 4 aromatic carbocycles. The molecule has 3 aliphatic rings. The van der Waals surface area contributed by atoms with Crippen LogP contribution in [0.4, 0.5) is 0 Å². The van der Waals surface area contributed by atoms with E-state index in [2.05, 4.69) is 114 Å². The standard InChI is InChI=1S/C63H80N8O7S/c1-39-21-40(2)24-46(23-39)36-77-55-27-49-18-20-70-43(5)30-63(76,32-54(70)52(49)29-56(55)78-37-47-25-41(3)22-42(4)26-47)31-50-34-69(68-67-50)19-12-10-11-13-57(73)66-59(62(7,8)9)61(75)71-35-51(72)28-53(71)60(74)64-33-45-14-16-48(17-15-45)58-44(6)65-38-79-58/h14-17,21-27,29,34,38,43,51,53-54,59,72,76H,10-13,18-20,28,30-33,35-37H2,1-9H3,(H,64,74)(H,66,73)/t43-,51+,53-,54+,59+,63+/m0/s1. The number of amides is 3. The van der Waals surface area contributed by atoms with Gasteiger partial charge in [-0.15, -0.1) is 16.4 Å². The number of nitrogens with one attached hydrogen (secondary N) is 2. The zero-order valence-corrected chi connectivity index (χ0v) is 48.4. The minimum Gasteiger partial charge on any atom is -0.485 e. The number of carbonyl (C=O) groups excluding carboxylic acids is 3. The fourth-order valence-electron chi connectivity index (χ4n) is 12.2. The number of hydrogen-bond donors (Lipinski definition) is 4. The lowest BCUT2D eigenvalue weighted by molar-refractivity contribution is -0.144. The normalized spacial score (nSPS) is 20.6. The van der Waals surface area contributed by atoms with E-state index >= 15 is 0 Å². The average molecular weight is 1090 g/mol. The summed E-state index contributed by atoms with van der Waals surface area (Å²) >= 11 is 1.58. The molecule has 0 bridgehead atoms. The number of β-amino-alcohol motifs (C(OH)–C–C–N with tert-alkyl or cyclic N) is 1. The Balaban J connectivity index is 0.770. The number of carbonyl (C=O) groups is 3. The van der Waals surface area contributed by atoms with Gasteiger partial charge >= 0.3 is 0 Å². The molecular formula is C63H80N8O7S. The van der Waals surface area contributed by atoms with Crippen LogP contribution in [-0.2, 0) is 53.5 Å². The van der Waals surface area contributed by atoms with Gasteiger partial charge in [0.2, 0.25) is 17.7 Å². The quantitative estimate of drug-likeness (QED) is 0.0534. The minimum absolute atomic E-state index is 0.0111. The average Bonchev–Trinajstić information content (AvgIpc) is 4.31. The number of thiazole rings is 1. The molecular weight excluding hydrogens is 1010 g/mol. The summed E-state index contributed by atoms with van der Waals surface area (Å²) in [5.74, 6) is 0.453. The van der Waals surface area contributed by atoms with Gasteiger partial charge in [-0.1, -0.05) is 115 Å². The lowest BCUT2D eigenvalue weighted by Gasteiger charge is -2.50. The number of aliphatic hydroxyl groups is 2. The number of rotatable bonds is 20. The van der Waals surface area contributed by atoms with Gasteiger partial charge in [-0.05, 0) is 125 Å². The van der Waals surface area contributed by atoms with Crippen molar-refractivity contribution in [2.24, 2.45) is 5.41 Å². The molecule has 2 aromatic heterocycles. The van der Waals surface area contributed by atoms with E-state index in [1.54, 1.807) is 11.3 Å². The number of hydrogen-bond acceptors (Lipinski definition) is 12. The van der Waals surface area contributed by atoms with Crippen molar-refractivity contribution in [3.63, 3.8) is 0 Å². The number of unbranched alkanes of at least 4 members (excludes halogenated alkanes) is 2. The molecule has 6 atom stereocenters. The van der Waals surface area contributed by atoms with Crippen LogP contribution >= 0.6 is 11.3 Å². The number of aryl methyl sites for hydroxylation is 6. The van der Waals surface area contributed by atoms with Crippen LogP contribution in [0.2, 0.25) is 0 Å². The molecule has 16 heteroatoms. The van der Waals surface area contributed by atoms with E-state index in [0.717, 1.165) is 70.1 Å². The molecule has 3 amide bonds. The second-order valence-corrected chi connectivity index (χ2v) is 24.8. The van der Waals surface area contributed by atoms with Crippen LogP contribution in [0.25, 0.3) is 10.4 Å². The van der Waals surface area contributed by atoms with Crippen molar-refractivity contribution < 1.29 is 34.1 Å². The summed E-state index contributed by atoms with van der Waals surface area (Å²) in [6, 6.07) is 23.6. The third-order valence-corrected chi connectivity index (χ3v) is 16.8. The molecule has 79 heavy (non-hydrogen) atoms. The predicted octanol–water partition coefficient (Wildman–Crippen LogP) is 9.53. The number of nitrogens with zero attached hydrogens (tertiary/aromatic N) is 6. The Kier molecular flexibility index (Phi) is 17.7. The molecule has 6 aromatic rings. The second kappa shape index (κ2) is 24.5. The summed E-state index contributed by atoms with van der Waals surface area (Å²) in [7, 11) is 0. The molecule has 0 aliphatic carbocycles. The zero-order valence-electron chi connectivity index (χ0n) is 47.6. The van der Waals surface area contributed by atoms with Crippen LogP contribution in [-0.4, -0.2) is 101 Å². The molecule has 15 nitrogen and oxygen atoms in total. The summed E-state index contributed by atoms with van der Waals surface area (Å²) in [4.78, 5) is 50.6. The van der Waals surface area contributed by atoms with Crippen LogP contribution in [0.15, 0.2) is 84.5 Å². The van der Waals surface area contributed by atoms with Crippen molar-refractivity contribution in [1.82, 2.24) is 40.4 Å². The van der Waals surface area contributed by atoms with Crippen LogP contribution in [0, 0.1) is 40.0 Å². The third-order valence-electron chi connectivity index (χ3n) is 15.9. The highest BCUT2D eigenvalue weighted by Crippen LogP contribution is 2.47. The highest BCUT2D eigenvalue weighted by atomic mass is 32.1. The molecule has 2 saturated heterocycles. The van der Waals surface area contributed by atoms with Crippen LogP contribution in [0.5, 0.6) is 11.5 Å². The Bertz CT molecular complexity index is 3090. The molecule has 5 heterocycles. The van der Waals surface area contributed by atoms with Gasteiger partial charge < -0.3 is 35.2 Å². The largest absolute Gasteiger partial charge is 0.485 e. The van der Waals surface area contributed by atoms with E-state index in [9.17, 15) is 24.6 Å². The highest BCUT2D eigenvalue weighted by Gasteiger charge is 2.46. The third kappa shape index (κ3) is 14.3. The Morgan fingerprint density at radius 1 is 0.848 bits per heavy atom. The van der Waals surface area contributed by atoms with Crippen molar-refractivity contribution in [3.05, 3.63) is 146 Å². The smallest absolute Gasteiger partial charge is 0.246 e. The SMILES string of the molecule is Cc1cc(C)cc(COc2cc3c(cc2OCc2cc(C)cc(C)c2)[C@H]2C[C@](O)(Cc4cn(CCCCCC(=O)N[C@H](C(=O)N5C[C@H](O)C[C@H]5C(=O)NCc5ccc(-c6scnc6C)cc5)C(C)(C)C)nn4)C[C@H](C)N2CC3)c1. The number of aliphatic hydroxyl groups excluding tert-OH is 1. The fourth-order valence-corrected chi connectivity index (χ4v) is 13.0. The maximum Gasteiger partial charge on any atom is 0.246 e. The first kappa shape index (κ1) is 57.2. The monoisotopic (exact) mass is 1090 g/mol. The molecule has 0 spiro atoms. The van der Waals surface area contributed by atoms with Gasteiger partial charge in [0.05, 0.1) is 33.5 Å². The maximum atomic E-state index is 14.2. The molecule has 0 saturated carbocycles. The summed E-state index contributed by atoms with van der Waals surface area (Å²) < 4.78 is 15.1. The summed E-state index contributed by atoms with van der Waals surface area (Å²) in [5.41, 5.74) is 13.2. The molecule has 3 aliphatic heterocycles. The number of aromatic nitrogens is 4. The number of piperidine rings is 1. The van der Waals surface area contributed by atoms with Crippen LogP contribution < -0.4 is 20.1 Å². The molecule has 0 unspecified atom stereocenters.